The van der Waals surface area contributed by atoms with Crippen molar-refractivity contribution in [1.29, 1.82) is 0 Å². The molecule has 1 N–H and O–H groups in total. The van der Waals surface area contributed by atoms with Crippen LogP contribution >= 0.6 is 0 Å². The fourth-order valence-electron chi connectivity index (χ4n) is 3.88. The minimum Gasteiger partial charge on any atom is -0.485 e. The molecular weight excluding hydrogens is 416 g/mol. The number of nitrogens with one attached hydrogen (secondary N) is 1. The number of fused-ring (bicyclic) bond motifs is 1. The summed E-state index contributed by atoms with van der Waals surface area (Å²) in [5.41, 5.74) is 2.34. The van der Waals surface area contributed by atoms with Gasteiger partial charge in [0.05, 0.1) is 10.6 Å². The second kappa shape index (κ2) is 8.78. The van der Waals surface area contributed by atoms with Crippen molar-refractivity contribution in [2.45, 2.75) is 50.5 Å². The number of hydrogen-bond acceptors (Lipinski definition) is 5. The van der Waals surface area contributed by atoms with E-state index in [2.05, 4.69) is 4.72 Å². The van der Waals surface area contributed by atoms with Crippen LogP contribution in [0.25, 0.3) is 0 Å². The molecule has 8 heteroatoms. The predicted octanol–water partition coefficient (Wildman–Crippen LogP) is 3.65. The first-order chi connectivity index (χ1) is 14.8. The summed E-state index contributed by atoms with van der Waals surface area (Å²) in [6.45, 7) is 5.31. The Morgan fingerprint density at radius 2 is 1.74 bits per heavy atom. The van der Waals surface area contributed by atoms with Gasteiger partial charge in [0.15, 0.2) is 11.5 Å². The van der Waals surface area contributed by atoms with Gasteiger partial charge in [-0.3, -0.25) is 9.52 Å². The van der Waals surface area contributed by atoms with Crippen LogP contribution in [0.3, 0.4) is 0 Å². The van der Waals surface area contributed by atoms with Crippen LogP contribution in [-0.2, 0) is 14.8 Å². The van der Waals surface area contributed by atoms with Crippen molar-refractivity contribution in [3.05, 3.63) is 47.5 Å². The number of sulfonamides is 1. The molecule has 1 amide bonds. The van der Waals surface area contributed by atoms with Crippen LogP contribution in [0.15, 0.2) is 41.3 Å². The molecule has 0 spiro atoms. The monoisotopic (exact) mass is 444 g/mol. The summed E-state index contributed by atoms with van der Waals surface area (Å²) in [6, 6.07) is 10.1. The van der Waals surface area contributed by atoms with Crippen molar-refractivity contribution in [2.24, 2.45) is 0 Å². The molecule has 2 aliphatic rings. The number of nitrogens with zero attached hydrogens (tertiary/aromatic N) is 1. The maximum Gasteiger partial charge on any atom is 0.267 e. The van der Waals surface area contributed by atoms with Crippen LogP contribution < -0.4 is 14.2 Å². The third kappa shape index (κ3) is 4.79. The lowest BCUT2D eigenvalue weighted by Crippen LogP contribution is -2.46. The van der Waals surface area contributed by atoms with Gasteiger partial charge in [-0.05, 0) is 56.0 Å². The molecule has 2 heterocycles. The van der Waals surface area contributed by atoms with Gasteiger partial charge in [0.2, 0.25) is 6.10 Å². The van der Waals surface area contributed by atoms with Gasteiger partial charge in [-0.2, -0.15) is 0 Å². The number of carbonyl (C=O) groups is 1. The highest BCUT2D eigenvalue weighted by molar-refractivity contribution is 7.92. The van der Waals surface area contributed by atoms with Gasteiger partial charge < -0.3 is 14.4 Å². The number of aryl methyl sites for hydroxylation is 2. The van der Waals surface area contributed by atoms with E-state index < -0.39 is 16.1 Å². The zero-order valence-electron chi connectivity index (χ0n) is 17.9. The fraction of sp³-hybridized carbons (Fsp3) is 0.435. The Kier molecular flexibility index (Phi) is 6.09. The highest BCUT2D eigenvalue weighted by atomic mass is 32.2. The minimum atomic E-state index is -3.80. The van der Waals surface area contributed by atoms with Gasteiger partial charge in [-0.15, -0.1) is 0 Å². The maximum atomic E-state index is 12.9. The number of ether oxygens (including phenoxy) is 2. The van der Waals surface area contributed by atoms with E-state index in [1.807, 2.05) is 30.9 Å². The minimum absolute atomic E-state index is 0.0657. The standard InChI is InChI=1S/C23H28N2O5S/c1-16-7-8-17(2)19(13-16)24-31(27,28)18-9-10-20-21(14-18)29-15-22(30-20)23(26)25-11-5-3-4-6-12-25/h7-10,13-14,22,24H,3-6,11-12,15H2,1-2H3/t22-/m1/s1. The van der Waals surface area contributed by atoms with Crippen LogP contribution in [0.1, 0.15) is 36.8 Å². The first-order valence-corrected chi connectivity index (χ1v) is 12.1. The normalized spacial score (nSPS) is 18.9. The number of hydrogen-bond donors (Lipinski definition) is 1. The van der Waals surface area contributed by atoms with Crippen molar-refractivity contribution in [3.8, 4) is 11.5 Å². The van der Waals surface area contributed by atoms with Crippen molar-refractivity contribution in [1.82, 2.24) is 4.90 Å². The highest BCUT2D eigenvalue weighted by Gasteiger charge is 2.32. The molecule has 7 nitrogen and oxygen atoms in total. The zero-order valence-corrected chi connectivity index (χ0v) is 18.7. The Bertz CT molecular complexity index is 1080. The molecule has 2 aromatic rings. The lowest BCUT2D eigenvalue weighted by molar-refractivity contribution is -0.141. The second-order valence-electron chi connectivity index (χ2n) is 8.19. The molecule has 31 heavy (non-hydrogen) atoms. The smallest absolute Gasteiger partial charge is 0.267 e. The molecule has 1 fully saturated rings. The molecule has 0 unspecified atom stereocenters. The molecule has 4 rings (SSSR count). The van der Waals surface area contributed by atoms with Crippen LogP contribution in [-0.4, -0.2) is 45.0 Å². The van der Waals surface area contributed by atoms with E-state index in [1.165, 1.54) is 12.1 Å². The first kappa shape index (κ1) is 21.5. The van der Waals surface area contributed by atoms with E-state index in [4.69, 9.17) is 9.47 Å². The van der Waals surface area contributed by atoms with E-state index in [-0.39, 0.29) is 17.4 Å². The van der Waals surface area contributed by atoms with Crippen molar-refractivity contribution >= 4 is 21.6 Å². The average molecular weight is 445 g/mol. The molecular formula is C23H28N2O5S. The highest BCUT2D eigenvalue weighted by Crippen LogP contribution is 2.35. The second-order valence-corrected chi connectivity index (χ2v) is 9.87. The quantitative estimate of drug-likeness (QED) is 0.778. The molecule has 1 atom stereocenters. The predicted molar refractivity (Wildman–Crippen MR) is 118 cm³/mol. The van der Waals surface area contributed by atoms with Gasteiger partial charge in [0.25, 0.3) is 15.9 Å². The molecule has 1 saturated heterocycles. The summed E-state index contributed by atoms with van der Waals surface area (Å²) < 4.78 is 40.1. The summed E-state index contributed by atoms with van der Waals surface area (Å²) in [5, 5.41) is 0. The van der Waals surface area contributed by atoms with Crippen molar-refractivity contribution < 1.29 is 22.7 Å². The van der Waals surface area contributed by atoms with E-state index in [0.717, 1.165) is 49.9 Å². The molecule has 2 aliphatic heterocycles. The van der Waals surface area contributed by atoms with Gasteiger partial charge in [0, 0.05) is 19.2 Å². The Balaban J connectivity index is 1.49. The van der Waals surface area contributed by atoms with Crippen LogP contribution in [0, 0.1) is 13.8 Å². The van der Waals surface area contributed by atoms with Gasteiger partial charge in [-0.25, -0.2) is 8.42 Å². The Labute approximate surface area is 183 Å². The topological polar surface area (TPSA) is 84.9 Å². The van der Waals surface area contributed by atoms with Gasteiger partial charge >= 0.3 is 0 Å². The molecule has 0 bridgehead atoms. The molecule has 0 aromatic heterocycles. The molecule has 2 aromatic carbocycles. The van der Waals surface area contributed by atoms with Gasteiger partial charge in [0.1, 0.15) is 6.61 Å². The first-order valence-electron chi connectivity index (χ1n) is 10.7. The Morgan fingerprint density at radius 3 is 2.48 bits per heavy atom. The lowest BCUT2D eigenvalue weighted by Gasteiger charge is -2.30. The number of benzene rings is 2. The largest absolute Gasteiger partial charge is 0.485 e. The number of rotatable bonds is 4. The average Bonchev–Trinajstić information content (AvgIpc) is 3.04. The van der Waals surface area contributed by atoms with E-state index >= 15 is 0 Å². The summed E-state index contributed by atoms with van der Waals surface area (Å²) in [5.74, 6) is 0.634. The van der Waals surface area contributed by atoms with Crippen LogP contribution in [0.4, 0.5) is 5.69 Å². The summed E-state index contributed by atoms with van der Waals surface area (Å²) in [7, 11) is -3.80. The number of anilines is 1. The van der Waals surface area contributed by atoms with E-state index in [9.17, 15) is 13.2 Å². The number of amides is 1. The van der Waals surface area contributed by atoms with Crippen molar-refractivity contribution in [3.63, 3.8) is 0 Å². The van der Waals surface area contributed by atoms with E-state index in [1.54, 1.807) is 12.1 Å². The summed E-state index contributed by atoms with van der Waals surface area (Å²) >= 11 is 0. The fourth-order valence-corrected chi connectivity index (χ4v) is 5.02. The van der Waals surface area contributed by atoms with Crippen LogP contribution in [0.5, 0.6) is 11.5 Å². The lowest BCUT2D eigenvalue weighted by atomic mass is 10.1. The molecule has 0 radical (unpaired) electrons. The molecule has 166 valence electrons. The Hall–Kier alpha value is -2.74. The maximum absolute atomic E-state index is 12.9. The third-order valence-electron chi connectivity index (χ3n) is 5.72. The summed E-state index contributed by atoms with van der Waals surface area (Å²) in [4.78, 5) is 14.7. The molecule has 0 saturated carbocycles. The molecule has 0 aliphatic carbocycles. The number of likely N-dealkylation sites (tertiary alicyclic amines) is 1. The SMILES string of the molecule is Cc1ccc(C)c(NS(=O)(=O)c2ccc3c(c2)OC[C@H](C(=O)N2CCCCCC2)O3)c1. The zero-order chi connectivity index (χ0) is 22.0. The van der Waals surface area contributed by atoms with Crippen LogP contribution in [0.2, 0.25) is 0 Å². The number of carbonyl (C=O) groups excluding carboxylic acids is 1. The van der Waals surface area contributed by atoms with Gasteiger partial charge in [-0.1, -0.05) is 25.0 Å². The summed E-state index contributed by atoms with van der Waals surface area (Å²) in [6.07, 6.45) is 3.58. The third-order valence-corrected chi connectivity index (χ3v) is 7.08. The van der Waals surface area contributed by atoms with Crippen molar-refractivity contribution in [2.75, 3.05) is 24.4 Å². The Morgan fingerprint density at radius 1 is 1.00 bits per heavy atom. The van der Waals surface area contributed by atoms with E-state index in [0.29, 0.717) is 17.2 Å².